The zero-order valence-electron chi connectivity index (χ0n) is 15.8. The lowest BCUT2D eigenvalue weighted by Crippen LogP contribution is -2.30. The predicted molar refractivity (Wildman–Crippen MR) is 109 cm³/mol. The maximum atomic E-state index is 12.5. The van der Waals surface area contributed by atoms with Gasteiger partial charge in [0.25, 0.3) is 0 Å². The number of carbonyl (C=O) groups is 1. The van der Waals surface area contributed by atoms with Crippen LogP contribution in [0.5, 0.6) is 0 Å². The van der Waals surface area contributed by atoms with E-state index < -0.39 is 0 Å². The molecule has 5 nitrogen and oxygen atoms in total. The van der Waals surface area contributed by atoms with E-state index in [-0.39, 0.29) is 11.2 Å². The predicted octanol–water partition coefficient (Wildman–Crippen LogP) is 4.07. The van der Waals surface area contributed by atoms with Crippen LogP contribution in [-0.2, 0) is 17.9 Å². The van der Waals surface area contributed by atoms with Gasteiger partial charge in [-0.25, -0.2) is 0 Å². The molecule has 0 radical (unpaired) electrons. The summed E-state index contributed by atoms with van der Waals surface area (Å²) in [5.74, 6) is 0.820. The number of nitrogens with zero attached hydrogens (tertiary/aromatic N) is 3. The molecule has 1 N–H and O–H groups in total. The van der Waals surface area contributed by atoms with Gasteiger partial charge in [-0.2, -0.15) is 0 Å². The number of thioether (sulfide) groups is 1. The van der Waals surface area contributed by atoms with Crippen molar-refractivity contribution in [3.05, 3.63) is 65.7 Å². The van der Waals surface area contributed by atoms with Gasteiger partial charge in [-0.3, -0.25) is 4.79 Å². The summed E-state index contributed by atoms with van der Waals surface area (Å²) in [7, 11) is 0. The smallest absolute Gasteiger partial charge is 0.233 e. The summed E-state index contributed by atoms with van der Waals surface area (Å²) in [6.07, 6.45) is 0. The summed E-state index contributed by atoms with van der Waals surface area (Å²) in [5.41, 5.74) is 3.33. The Hall–Kier alpha value is -2.60. The Morgan fingerprint density at radius 3 is 2.48 bits per heavy atom. The van der Waals surface area contributed by atoms with E-state index >= 15 is 0 Å². The summed E-state index contributed by atoms with van der Waals surface area (Å²) in [6, 6.07) is 18.1. The Labute approximate surface area is 164 Å². The van der Waals surface area contributed by atoms with Crippen molar-refractivity contribution >= 4 is 17.7 Å². The Bertz CT molecular complexity index is 890. The molecule has 3 aromatic rings. The molecule has 0 spiro atoms. The summed E-state index contributed by atoms with van der Waals surface area (Å²) in [5, 5.41) is 12.1. The lowest BCUT2D eigenvalue weighted by atomic mass is 10.1. The van der Waals surface area contributed by atoms with Crippen LogP contribution in [0.15, 0.2) is 59.8 Å². The minimum atomic E-state index is -0.256. The van der Waals surface area contributed by atoms with Crippen molar-refractivity contribution in [2.24, 2.45) is 0 Å². The summed E-state index contributed by atoms with van der Waals surface area (Å²) < 4.78 is 2.05. The van der Waals surface area contributed by atoms with Crippen molar-refractivity contribution in [1.29, 1.82) is 0 Å². The number of amides is 1. The van der Waals surface area contributed by atoms with Crippen LogP contribution in [0.25, 0.3) is 11.4 Å². The van der Waals surface area contributed by atoms with Gasteiger partial charge >= 0.3 is 0 Å². The molecule has 0 saturated carbocycles. The summed E-state index contributed by atoms with van der Waals surface area (Å²) in [4.78, 5) is 12.5. The standard InChI is InChI=1S/C21H24N4OS/c1-4-25-19(18-8-6-5-7-9-18)23-24-21(25)27-16(3)20(26)22-14-17-12-10-15(2)11-13-17/h5-13,16H,4,14H2,1-3H3,(H,22,26)/t16-/m0/s1. The first kappa shape index (κ1) is 19.2. The zero-order chi connectivity index (χ0) is 19.2. The van der Waals surface area contributed by atoms with Crippen molar-refractivity contribution in [3.63, 3.8) is 0 Å². The molecule has 6 heteroatoms. The van der Waals surface area contributed by atoms with Crippen LogP contribution in [-0.4, -0.2) is 25.9 Å². The molecule has 27 heavy (non-hydrogen) atoms. The highest BCUT2D eigenvalue weighted by Crippen LogP contribution is 2.26. The second kappa shape index (κ2) is 8.86. The molecule has 0 aliphatic heterocycles. The van der Waals surface area contributed by atoms with Crippen molar-refractivity contribution in [2.75, 3.05) is 0 Å². The highest BCUT2D eigenvalue weighted by molar-refractivity contribution is 8.00. The lowest BCUT2D eigenvalue weighted by molar-refractivity contribution is -0.120. The van der Waals surface area contributed by atoms with E-state index in [0.29, 0.717) is 6.54 Å². The Balaban J connectivity index is 1.65. The third kappa shape index (κ3) is 4.77. The first-order valence-corrected chi connectivity index (χ1v) is 9.95. The Kier molecular flexibility index (Phi) is 6.29. The van der Waals surface area contributed by atoms with Gasteiger partial charge in [0, 0.05) is 18.7 Å². The minimum Gasteiger partial charge on any atom is -0.351 e. The van der Waals surface area contributed by atoms with E-state index in [0.717, 1.165) is 28.7 Å². The van der Waals surface area contributed by atoms with Gasteiger partial charge in [0.05, 0.1) is 5.25 Å². The van der Waals surface area contributed by atoms with Crippen LogP contribution in [0, 0.1) is 6.92 Å². The fourth-order valence-electron chi connectivity index (χ4n) is 2.71. The van der Waals surface area contributed by atoms with Gasteiger partial charge in [-0.1, -0.05) is 71.9 Å². The molecule has 1 amide bonds. The maximum Gasteiger partial charge on any atom is 0.233 e. The Morgan fingerprint density at radius 1 is 1.11 bits per heavy atom. The maximum absolute atomic E-state index is 12.5. The quantitative estimate of drug-likeness (QED) is 0.628. The van der Waals surface area contributed by atoms with Crippen molar-refractivity contribution in [1.82, 2.24) is 20.1 Å². The topological polar surface area (TPSA) is 59.8 Å². The van der Waals surface area contributed by atoms with Gasteiger partial charge in [0.2, 0.25) is 5.91 Å². The van der Waals surface area contributed by atoms with Crippen LogP contribution in [0.2, 0.25) is 0 Å². The van der Waals surface area contributed by atoms with Gasteiger partial charge in [0.1, 0.15) is 0 Å². The van der Waals surface area contributed by atoms with E-state index in [1.807, 2.05) is 54.0 Å². The lowest BCUT2D eigenvalue weighted by Gasteiger charge is -2.13. The van der Waals surface area contributed by atoms with Crippen LogP contribution in [0.4, 0.5) is 0 Å². The number of aryl methyl sites for hydroxylation is 1. The molecule has 140 valence electrons. The first-order valence-electron chi connectivity index (χ1n) is 9.07. The summed E-state index contributed by atoms with van der Waals surface area (Å²) in [6.45, 7) is 7.28. The number of hydrogen-bond acceptors (Lipinski definition) is 4. The number of hydrogen-bond donors (Lipinski definition) is 1. The average molecular weight is 381 g/mol. The molecule has 0 fully saturated rings. The highest BCUT2D eigenvalue weighted by Gasteiger charge is 2.20. The first-order chi connectivity index (χ1) is 13.1. The third-order valence-electron chi connectivity index (χ3n) is 4.30. The normalized spacial score (nSPS) is 12.0. The molecule has 1 heterocycles. The molecule has 1 aromatic heterocycles. The SMILES string of the molecule is CCn1c(S[C@@H](C)C(=O)NCc2ccc(C)cc2)nnc1-c1ccccc1. The molecule has 0 bridgehead atoms. The van der Waals surface area contributed by atoms with Gasteiger partial charge < -0.3 is 9.88 Å². The molecule has 1 atom stereocenters. The van der Waals surface area contributed by atoms with Crippen LogP contribution in [0.3, 0.4) is 0 Å². The summed E-state index contributed by atoms with van der Waals surface area (Å²) >= 11 is 1.43. The number of aromatic nitrogens is 3. The molecule has 3 rings (SSSR count). The third-order valence-corrected chi connectivity index (χ3v) is 5.38. The molecule has 0 aliphatic carbocycles. The Morgan fingerprint density at radius 2 is 1.81 bits per heavy atom. The van der Waals surface area contributed by atoms with Gasteiger partial charge in [-0.05, 0) is 26.3 Å². The molecule has 0 saturated heterocycles. The van der Waals surface area contributed by atoms with E-state index in [9.17, 15) is 4.79 Å². The number of carbonyl (C=O) groups excluding carboxylic acids is 1. The van der Waals surface area contributed by atoms with E-state index in [1.54, 1.807) is 0 Å². The van der Waals surface area contributed by atoms with Crippen LogP contribution in [0.1, 0.15) is 25.0 Å². The number of rotatable bonds is 7. The van der Waals surface area contributed by atoms with E-state index in [1.165, 1.54) is 17.3 Å². The molecule has 0 aliphatic rings. The fourth-order valence-corrected chi connectivity index (χ4v) is 3.65. The number of benzene rings is 2. The fraction of sp³-hybridized carbons (Fsp3) is 0.286. The second-order valence-electron chi connectivity index (χ2n) is 6.38. The average Bonchev–Trinajstić information content (AvgIpc) is 3.10. The highest BCUT2D eigenvalue weighted by atomic mass is 32.2. The minimum absolute atomic E-state index is 0.00695. The largest absolute Gasteiger partial charge is 0.351 e. The molecular weight excluding hydrogens is 356 g/mol. The van der Waals surface area contributed by atoms with Crippen molar-refractivity contribution in [3.8, 4) is 11.4 Å². The van der Waals surface area contributed by atoms with E-state index in [4.69, 9.17) is 0 Å². The second-order valence-corrected chi connectivity index (χ2v) is 7.69. The van der Waals surface area contributed by atoms with Crippen molar-refractivity contribution in [2.45, 2.75) is 44.3 Å². The van der Waals surface area contributed by atoms with Gasteiger partial charge in [-0.15, -0.1) is 10.2 Å². The number of nitrogens with one attached hydrogen (secondary N) is 1. The molecule has 2 aromatic carbocycles. The van der Waals surface area contributed by atoms with Crippen LogP contribution >= 0.6 is 11.8 Å². The monoisotopic (exact) mass is 380 g/mol. The van der Waals surface area contributed by atoms with Gasteiger partial charge in [0.15, 0.2) is 11.0 Å². The molecular formula is C21H24N4OS. The van der Waals surface area contributed by atoms with E-state index in [2.05, 4.69) is 41.5 Å². The molecule has 0 unspecified atom stereocenters. The zero-order valence-corrected chi connectivity index (χ0v) is 16.7. The van der Waals surface area contributed by atoms with Crippen molar-refractivity contribution < 1.29 is 4.79 Å². The van der Waals surface area contributed by atoms with Crippen LogP contribution < -0.4 is 5.32 Å².